The zero-order valence-electron chi connectivity index (χ0n) is 24.0. The summed E-state index contributed by atoms with van der Waals surface area (Å²) in [6.07, 6.45) is -19.2. The molecule has 3 N–H and O–H groups in total. The molecule has 0 aromatic heterocycles. The first-order valence-corrected chi connectivity index (χ1v) is 14.5. The molecule has 1 aliphatic carbocycles. The SMILES string of the molecule is O=C(CC(C(F)(F)F)C(F)(F)F)Nc1c(F)ccc(NC(=O)c2cc(NC(=O)[C@H]3[C@H](c4ccc(F)c(C(F)(F)F)c4)C3(Cl)Cl)ccc2Cl)c1F. The van der Waals surface area contributed by atoms with Crippen LogP contribution >= 0.6 is 34.8 Å². The highest BCUT2D eigenvalue weighted by atomic mass is 35.5. The van der Waals surface area contributed by atoms with Crippen LogP contribution in [0.4, 0.5) is 69.7 Å². The van der Waals surface area contributed by atoms with Crippen LogP contribution in [0.5, 0.6) is 0 Å². The van der Waals surface area contributed by atoms with E-state index in [0.29, 0.717) is 24.3 Å². The fraction of sp³-hybridized carbons (Fsp3) is 0.276. The van der Waals surface area contributed by atoms with E-state index in [1.165, 1.54) is 5.32 Å². The van der Waals surface area contributed by atoms with Gasteiger partial charge in [-0.3, -0.25) is 14.4 Å². The van der Waals surface area contributed by atoms with Gasteiger partial charge in [-0.15, -0.1) is 23.2 Å². The van der Waals surface area contributed by atoms with Crippen molar-refractivity contribution in [1.82, 2.24) is 0 Å². The third-order valence-electron chi connectivity index (χ3n) is 7.25. The maximum Gasteiger partial charge on any atom is 0.419 e. The van der Waals surface area contributed by atoms with Gasteiger partial charge in [0.2, 0.25) is 11.8 Å². The first kappa shape index (κ1) is 38.9. The van der Waals surface area contributed by atoms with Crippen LogP contribution in [0.2, 0.25) is 5.02 Å². The van der Waals surface area contributed by atoms with Crippen molar-refractivity contribution in [3.05, 3.63) is 87.7 Å². The van der Waals surface area contributed by atoms with E-state index in [0.717, 1.165) is 24.3 Å². The molecule has 1 saturated carbocycles. The van der Waals surface area contributed by atoms with Crippen molar-refractivity contribution in [2.24, 2.45) is 11.8 Å². The highest BCUT2D eigenvalue weighted by Gasteiger charge is 2.68. The van der Waals surface area contributed by atoms with Gasteiger partial charge in [-0.05, 0) is 48.0 Å². The molecule has 50 heavy (non-hydrogen) atoms. The van der Waals surface area contributed by atoms with E-state index in [9.17, 15) is 62.7 Å². The zero-order valence-corrected chi connectivity index (χ0v) is 26.2. The number of alkyl halides is 11. The van der Waals surface area contributed by atoms with Crippen molar-refractivity contribution < 1.29 is 67.1 Å². The second kappa shape index (κ2) is 13.7. The van der Waals surface area contributed by atoms with Gasteiger partial charge in [-0.25, -0.2) is 13.2 Å². The van der Waals surface area contributed by atoms with Crippen LogP contribution in [-0.4, -0.2) is 34.4 Å². The van der Waals surface area contributed by atoms with Gasteiger partial charge in [-0.2, -0.15) is 39.5 Å². The Morgan fingerprint density at radius 3 is 1.96 bits per heavy atom. The molecule has 0 heterocycles. The summed E-state index contributed by atoms with van der Waals surface area (Å²) in [4.78, 5) is 37.9. The average Bonchev–Trinajstić information content (AvgIpc) is 3.56. The molecule has 270 valence electrons. The highest BCUT2D eigenvalue weighted by molar-refractivity contribution is 6.53. The maximum absolute atomic E-state index is 15.1. The lowest BCUT2D eigenvalue weighted by Crippen LogP contribution is -2.39. The summed E-state index contributed by atoms with van der Waals surface area (Å²) in [5.41, 5.74) is -4.94. The topological polar surface area (TPSA) is 87.3 Å². The van der Waals surface area contributed by atoms with Gasteiger partial charge in [0, 0.05) is 18.0 Å². The van der Waals surface area contributed by atoms with E-state index in [4.69, 9.17) is 34.8 Å². The number of hydrogen-bond acceptors (Lipinski definition) is 3. The van der Waals surface area contributed by atoms with Crippen molar-refractivity contribution in [2.75, 3.05) is 16.0 Å². The normalized spacial score (nSPS) is 17.4. The average molecular weight is 789 g/mol. The minimum Gasteiger partial charge on any atom is -0.326 e. The van der Waals surface area contributed by atoms with Gasteiger partial charge in [0.25, 0.3) is 5.91 Å². The van der Waals surface area contributed by atoms with Crippen molar-refractivity contribution in [1.29, 1.82) is 0 Å². The molecule has 0 spiro atoms. The number of halogens is 15. The maximum atomic E-state index is 15.1. The lowest BCUT2D eigenvalue weighted by Gasteiger charge is -2.22. The number of carbonyl (C=O) groups excluding carboxylic acids is 3. The molecule has 0 unspecified atom stereocenters. The number of amides is 3. The molecule has 21 heteroatoms. The van der Waals surface area contributed by atoms with E-state index in [2.05, 4.69) is 5.32 Å². The number of carbonyl (C=O) groups is 3. The van der Waals surface area contributed by atoms with E-state index >= 15 is 4.39 Å². The number of rotatable bonds is 8. The van der Waals surface area contributed by atoms with Crippen molar-refractivity contribution >= 4 is 69.6 Å². The standard InChI is InChI=1S/C29H16Cl3F12N3O3/c30-14-3-2-11(45-25(50)21-20(26(21,31)32)10-1-4-15(33)13(7-10)27(36,37)38)8-12(14)24(49)46-17-6-5-16(34)23(22(17)35)47-19(48)9-18(28(39,40)41)29(42,43)44/h1-8,18,20-21H,9H2,(H,45,50)(H,46,49)(H,47,48)/t20-,21+/m0/s1. The third-order valence-corrected chi connectivity index (χ3v) is 8.52. The number of hydrogen-bond donors (Lipinski definition) is 3. The van der Waals surface area contributed by atoms with E-state index in [-0.39, 0.29) is 16.3 Å². The molecule has 0 bridgehead atoms. The van der Waals surface area contributed by atoms with Crippen LogP contribution in [0.15, 0.2) is 48.5 Å². The summed E-state index contributed by atoms with van der Waals surface area (Å²) in [5, 5.41) is 5.20. The van der Waals surface area contributed by atoms with Crippen LogP contribution in [-0.2, 0) is 15.8 Å². The highest BCUT2D eigenvalue weighted by Crippen LogP contribution is 2.65. The minimum atomic E-state index is -5.92. The Hall–Kier alpha value is -3.90. The Kier molecular flexibility index (Phi) is 10.6. The summed E-state index contributed by atoms with van der Waals surface area (Å²) in [6, 6.07) is 6.09. The third kappa shape index (κ3) is 8.34. The first-order chi connectivity index (χ1) is 22.8. The second-order valence-corrected chi connectivity index (χ2v) is 12.5. The van der Waals surface area contributed by atoms with Crippen molar-refractivity contribution in [3.8, 4) is 0 Å². The monoisotopic (exact) mass is 787 g/mol. The van der Waals surface area contributed by atoms with Gasteiger partial charge >= 0.3 is 18.5 Å². The van der Waals surface area contributed by atoms with E-state index in [1.54, 1.807) is 0 Å². The number of benzene rings is 3. The number of nitrogens with one attached hydrogen (secondary N) is 3. The van der Waals surface area contributed by atoms with Gasteiger partial charge in [0.1, 0.15) is 21.7 Å². The molecule has 0 saturated heterocycles. The minimum absolute atomic E-state index is 0.189. The Morgan fingerprint density at radius 1 is 0.780 bits per heavy atom. The molecule has 4 rings (SSSR count). The molecule has 0 radical (unpaired) electrons. The van der Waals surface area contributed by atoms with Crippen LogP contribution in [0.1, 0.15) is 33.8 Å². The molecule has 1 aliphatic rings. The molecule has 2 atom stereocenters. The molecular formula is C29H16Cl3F12N3O3. The Balaban J connectivity index is 1.50. The van der Waals surface area contributed by atoms with Gasteiger partial charge in [0.05, 0.1) is 27.8 Å². The molecule has 6 nitrogen and oxygen atoms in total. The summed E-state index contributed by atoms with van der Waals surface area (Å²) in [6.45, 7) is 0. The predicted octanol–water partition coefficient (Wildman–Crippen LogP) is 9.62. The Bertz CT molecular complexity index is 1830. The van der Waals surface area contributed by atoms with Crippen LogP contribution in [0.3, 0.4) is 0 Å². The van der Waals surface area contributed by atoms with E-state index < -0.39 is 105 Å². The van der Waals surface area contributed by atoms with Crippen LogP contribution < -0.4 is 16.0 Å². The largest absolute Gasteiger partial charge is 0.419 e. The first-order valence-electron chi connectivity index (χ1n) is 13.4. The van der Waals surface area contributed by atoms with Crippen molar-refractivity contribution in [2.45, 2.75) is 35.2 Å². The predicted molar refractivity (Wildman–Crippen MR) is 155 cm³/mol. The van der Waals surface area contributed by atoms with Gasteiger partial charge in [0.15, 0.2) is 11.7 Å². The van der Waals surface area contributed by atoms with Crippen LogP contribution in [0.25, 0.3) is 0 Å². The molecule has 3 amide bonds. The quantitative estimate of drug-likeness (QED) is 0.157. The lowest BCUT2D eigenvalue weighted by atomic mass is 10.0. The van der Waals surface area contributed by atoms with Crippen LogP contribution in [0, 0.1) is 29.3 Å². The smallest absolute Gasteiger partial charge is 0.326 e. The van der Waals surface area contributed by atoms with E-state index in [1.807, 2.05) is 5.32 Å². The van der Waals surface area contributed by atoms with Crippen molar-refractivity contribution in [3.63, 3.8) is 0 Å². The molecule has 3 aromatic carbocycles. The number of anilines is 3. The molecule has 1 fully saturated rings. The van der Waals surface area contributed by atoms with Gasteiger partial charge in [-0.1, -0.05) is 17.7 Å². The van der Waals surface area contributed by atoms with Gasteiger partial charge < -0.3 is 16.0 Å². The molecular weight excluding hydrogens is 773 g/mol. The second-order valence-electron chi connectivity index (χ2n) is 10.7. The fourth-order valence-corrected chi connectivity index (χ4v) is 5.80. The summed E-state index contributed by atoms with van der Waals surface area (Å²) in [7, 11) is 0. The molecule has 0 aliphatic heterocycles. The lowest BCUT2D eigenvalue weighted by molar-refractivity contribution is -0.283. The Morgan fingerprint density at radius 2 is 1.38 bits per heavy atom. The zero-order chi connectivity index (χ0) is 37.7. The fourth-order valence-electron chi connectivity index (χ4n) is 4.76. The summed E-state index contributed by atoms with van der Waals surface area (Å²) in [5.74, 6) is -16.1. The Labute approximate surface area is 287 Å². The summed E-state index contributed by atoms with van der Waals surface area (Å²) < 4.78 is 158. The molecule has 3 aromatic rings. The summed E-state index contributed by atoms with van der Waals surface area (Å²) >= 11 is 18.4.